The van der Waals surface area contributed by atoms with Crippen molar-refractivity contribution in [2.45, 2.75) is 24.5 Å². The van der Waals surface area contributed by atoms with E-state index in [0.717, 1.165) is 17.6 Å². The van der Waals surface area contributed by atoms with Crippen LogP contribution in [-0.4, -0.2) is 31.4 Å². The monoisotopic (exact) mass is 297 g/mol. The summed E-state index contributed by atoms with van der Waals surface area (Å²) in [6.07, 6.45) is 2.68. The van der Waals surface area contributed by atoms with Crippen molar-refractivity contribution in [3.63, 3.8) is 0 Å². The molecule has 0 radical (unpaired) electrons. The summed E-state index contributed by atoms with van der Waals surface area (Å²) in [5.41, 5.74) is 1.51. The van der Waals surface area contributed by atoms with E-state index in [9.17, 15) is 4.79 Å². The first-order valence-electron chi connectivity index (χ1n) is 5.94. The third-order valence-corrected chi connectivity index (χ3v) is 4.33. The lowest BCUT2D eigenvalue weighted by Crippen LogP contribution is -2.03. The van der Waals surface area contributed by atoms with Crippen molar-refractivity contribution in [2.75, 3.05) is 5.75 Å². The summed E-state index contributed by atoms with van der Waals surface area (Å²) >= 11 is 7.15. The van der Waals surface area contributed by atoms with Gasteiger partial charge in [0.15, 0.2) is 10.8 Å². The average molecular weight is 298 g/mol. The summed E-state index contributed by atoms with van der Waals surface area (Å²) in [5.74, 6) is -0.268. The molecule has 0 amide bonds. The number of imidazole rings is 1. The number of thioether (sulfide) groups is 1. The van der Waals surface area contributed by atoms with Gasteiger partial charge in [-0.15, -0.1) is 0 Å². The first-order chi connectivity index (χ1) is 9.06. The Morgan fingerprint density at radius 3 is 3.05 bits per heavy atom. The van der Waals surface area contributed by atoms with Crippen molar-refractivity contribution < 1.29 is 9.90 Å². The molecular formula is C12H12ClN3O2S. The smallest absolute Gasteiger partial charge is 0.313 e. The van der Waals surface area contributed by atoms with E-state index in [0.29, 0.717) is 22.1 Å². The van der Waals surface area contributed by atoms with Crippen molar-refractivity contribution in [3.05, 3.63) is 17.3 Å². The molecule has 100 valence electrons. The predicted octanol–water partition coefficient (Wildman–Crippen LogP) is 2.84. The van der Waals surface area contributed by atoms with Crippen molar-refractivity contribution in [2.24, 2.45) is 5.92 Å². The summed E-state index contributed by atoms with van der Waals surface area (Å²) in [6, 6.07) is 2.13. The minimum Gasteiger partial charge on any atom is -0.481 e. The van der Waals surface area contributed by atoms with Crippen LogP contribution in [0.4, 0.5) is 0 Å². The number of pyridine rings is 1. The molecule has 3 rings (SSSR count). The molecule has 19 heavy (non-hydrogen) atoms. The summed E-state index contributed by atoms with van der Waals surface area (Å²) in [7, 11) is 0. The molecule has 2 heterocycles. The molecule has 7 heteroatoms. The number of aromatic nitrogens is 3. The van der Waals surface area contributed by atoms with Gasteiger partial charge >= 0.3 is 5.97 Å². The topological polar surface area (TPSA) is 68.0 Å². The number of hydrogen-bond acceptors (Lipinski definition) is 4. The molecule has 2 unspecified atom stereocenters. The van der Waals surface area contributed by atoms with Crippen LogP contribution in [0.5, 0.6) is 0 Å². The van der Waals surface area contributed by atoms with Crippen LogP contribution in [0.1, 0.15) is 19.4 Å². The fourth-order valence-corrected chi connectivity index (χ4v) is 3.05. The number of carbonyl (C=O) groups is 1. The SMILES string of the molecule is CC1CC1n1c(SCC(=O)O)nc2cc(Cl)cnc21. The van der Waals surface area contributed by atoms with E-state index >= 15 is 0 Å². The molecular weight excluding hydrogens is 286 g/mol. The third-order valence-electron chi connectivity index (χ3n) is 3.19. The Bertz CT molecular complexity index is 658. The lowest BCUT2D eigenvalue weighted by atomic mass is 10.4. The van der Waals surface area contributed by atoms with Crippen LogP contribution in [0.15, 0.2) is 17.4 Å². The number of carboxylic acid groups (broad SMARTS) is 1. The highest BCUT2D eigenvalue weighted by Crippen LogP contribution is 2.46. The molecule has 1 fully saturated rings. The molecule has 0 bridgehead atoms. The maximum atomic E-state index is 10.7. The van der Waals surface area contributed by atoms with Crippen LogP contribution in [0.25, 0.3) is 11.2 Å². The van der Waals surface area contributed by atoms with Crippen molar-refractivity contribution in [1.82, 2.24) is 14.5 Å². The normalized spacial score (nSPS) is 21.8. The van der Waals surface area contributed by atoms with Gasteiger partial charge in [0.25, 0.3) is 0 Å². The molecule has 5 nitrogen and oxygen atoms in total. The maximum Gasteiger partial charge on any atom is 0.313 e. The Balaban J connectivity index is 2.05. The molecule has 0 aliphatic heterocycles. The van der Waals surface area contributed by atoms with Gasteiger partial charge in [0.05, 0.1) is 10.8 Å². The zero-order chi connectivity index (χ0) is 13.6. The second-order valence-electron chi connectivity index (χ2n) is 4.72. The molecule has 2 aromatic rings. The van der Waals surface area contributed by atoms with Crippen LogP contribution in [0.3, 0.4) is 0 Å². The Hall–Kier alpha value is -1.27. The molecule has 0 spiro atoms. The first-order valence-corrected chi connectivity index (χ1v) is 7.30. The molecule has 1 saturated carbocycles. The molecule has 2 atom stereocenters. The highest BCUT2D eigenvalue weighted by molar-refractivity contribution is 7.99. The van der Waals surface area contributed by atoms with Gasteiger partial charge in [-0.2, -0.15) is 0 Å². The van der Waals surface area contributed by atoms with Crippen molar-refractivity contribution in [3.8, 4) is 0 Å². The van der Waals surface area contributed by atoms with Crippen LogP contribution in [-0.2, 0) is 4.79 Å². The van der Waals surface area contributed by atoms with E-state index < -0.39 is 5.97 Å². The van der Waals surface area contributed by atoms with E-state index in [4.69, 9.17) is 16.7 Å². The third kappa shape index (κ3) is 2.42. The average Bonchev–Trinajstić information content (AvgIpc) is 2.95. The largest absolute Gasteiger partial charge is 0.481 e. The summed E-state index contributed by atoms with van der Waals surface area (Å²) in [5, 5.41) is 10.0. The Labute approximate surface area is 119 Å². The van der Waals surface area contributed by atoms with Gasteiger partial charge in [-0.3, -0.25) is 4.79 Å². The summed E-state index contributed by atoms with van der Waals surface area (Å²) < 4.78 is 2.05. The Morgan fingerprint density at radius 2 is 2.42 bits per heavy atom. The Morgan fingerprint density at radius 1 is 1.68 bits per heavy atom. The number of carboxylic acids is 1. The minimum atomic E-state index is -0.849. The van der Waals surface area contributed by atoms with Gasteiger partial charge in [-0.05, 0) is 18.4 Å². The number of fused-ring (bicyclic) bond motifs is 1. The predicted molar refractivity (Wildman–Crippen MR) is 73.7 cm³/mol. The highest BCUT2D eigenvalue weighted by atomic mass is 35.5. The number of aliphatic carboxylic acids is 1. The van der Waals surface area contributed by atoms with E-state index in [2.05, 4.69) is 16.9 Å². The van der Waals surface area contributed by atoms with Gasteiger partial charge in [0.1, 0.15) is 5.52 Å². The second kappa shape index (κ2) is 4.68. The van der Waals surface area contributed by atoms with Gasteiger partial charge in [-0.25, -0.2) is 9.97 Å². The van der Waals surface area contributed by atoms with Crippen LogP contribution in [0.2, 0.25) is 5.02 Å². The number of rotatable bonds is 4. The van der Waals surface area contributed by atoms with Crippen LogP contribution in [0, 0.1) is 5.92 Å². The van der Waals surface area contributed by atoms with Gasteiger partial charge < -0.3 is 9.67 Å². The number of hydrogen-bond donors (Lipinski definition) is 1. The van der Waals surface area contributed by atoms with Gasteiger partial charge in [-0.1, -0.05) is 30.3 Å². The number of nitrogens with zero attached hydrogens (tertiary/aromatic N) is 3. The molecule has 1 N–H and O–H groups in total. The second-order valence-corrected chi connectivity index (χ2v) is 6.10. The van der Waals surface area contributed by atoms with Crippen LogP contribution < -0.4 is 0 Å². The first kappa shape index (κ1) is 12.7. The van der Waals surface area contributed by atoms with Crippen molar-refractivity contribution >= 4 is 40.5 Å². The van der Waals surface area contributed by atoms with Gasteiger partial charge in [0.2, 0.25) is 0 Å². The quantitative estimate of drug-likeness (QED) is 0.879. The van der Waals surface area contributed by atoms with E-state index in [1.807, 2.05) is 4.57 Å². The molecule has 0 saturated heterocycles. The zero-order valence-corrected chi connectivity index (χ0v) is 11.8. The van der Waals surface area contributed by atoms with Crippen molar-refractivity contribution in [1.29, 1.82) is 0 Å². The lowest BCUT2D eigenvalue weighted by Gasteiger charge is -2.05. The van der Waals surface area contributed by atoms with Gasteiger partial charge in [0, 0.05) is 12.2 Å². The van der Waals surface area contributed by atoms with E-state index in [1.54, 1.807) is 12.3 Å². The molecule has 2 aromatic heterocycles. The zero-order valence-electron chi connectivity index (χ0n) is 10.2. The van der Waals surface area contributed by atoms with E-state index in [1.165, 1.54) is 11.8 Å². The molecule has 1 aliphatic rings. The fourth-order valence-electron chi connectivity index (χ4n) is 2.13. The van der Waals surface area contributed by atoms with E-state index in [-0.39, 0.29) is 5.75 Å². The molecule has 1 aliphatic carbocycles. The lowest BCUT2D eigenvalue weighted by molar-refractivity contribution is -0.133. The standard InChI is InChI=1S/C12H12ClN3O2S/c1-6-2-9(6)16-11-8(3-7(13)4-14-11)15-12(16)19-5-10(17)18/h3-4,6,9H,2,5H2,1H3,(H,17,18). The molecule has 0 aromatic carbocycles. The Kier molecular flexibility index (Phi) is 3.14. The summed E-state index contributed by atoms with van der Waals surface area (Å²) in [4.78, 5) is 19.5. The minimum absolute atomic E-state index is 0.00183. The van der Waals surface area contributed by atoms with Crippen LogP contribution >= 0.6 is 23.4 Å². The fraction of sp³-hybridized carbons (Fsp3) is 0.417. The number of halogens is 1. The highest BCUT2D eigenvalue weighted by Gasteiger charge is 2.37. The maximum absolute atomic E-state index is 10.7. The summed E-state index contributed by atoms with van der Waals surface area (Å²) in [6.45, 7) is 2.16.